The minimum absolute atomic E-state index is 0.380. The molecule has 2 N–H and O–H groups in total. The average molecular weight is 159 g/mol. The molecule has 1 rings (SSSR count). The Balaban J connectivity index is 2.58. The van der Waals surface area contributed by atoms with Crippen molar-refractivity contribution in [2.24, 2.45) is 5.73 Å². The molecule has 0 aliphatic carbocycles. The molecule has 0 aliphatic heterocycles. The highest BCUT2D eigenvalue weighted by Gasteiger charge is 1.95. The maximum atomic E-state index is 5.22. The second-order valence-electron chi connectivity index (χ2n) is 1.35. The molecule has 0 amide bonds. The average Bonchev–Trinajstić information content (AvgIpc) is 2.15. The topological polar surface area (TPSA) is 39.2 Å². The molecule has 0 saturated carbocycles. The quantitative estimate of drug-likeness (QED) is 0.499. The third kappa shape index (κ3) is 2.07. The lowest BCUT2D eigenvalue weighted by Gasteiger charge is -1.88. The van der Waals surface area contributed by atoms with Crippen LogP contribution in [0.5, 0.6) is 0 Å². The molecule has 1 heterocycles. The van der Waals surface area contributed by atoms with Crippen molar-refractivity contribution in [3.8, 4) is 0 Å². The van der Waals surface area contributed by atoms with Gasteiger partial charge in [-0.25, -0.2) is 0 Å². The Labute approximate surface area is 62.4 Å². The Morgan fingerprint density at radius 2 is 2.56 bits per heavy atom. The van der Waals surface area contributed by atoms with Gasteiger partial charge in [0.1, 0.15) is 4.32 Å². The molecular weight excluding hydrogens is 154 g/mol. The van der Waals surface area contributed by atoms with E-state index in [0.717, 1.165) is 5.09 Å². The fourth-order valence-electron chi connectivity index (χ4n) is 0.421. The Morgan fingerprint density at radius 1 is 1.78 bits per heavy atom. The van der Waals surface area contributed by atoms with Crippen molar-refractivity contribution in [3.05, 3.63) is 18.4 Å². The largest absolute Gasteiger partial charge is 0.458 e. The SMILES string of the molecule is NC(=S)Sc1ccco1. The van der Waals surface area contributed by atoms with Gasteiger partial charge < -0.3 is 10.2 Å². The first-order valence-electron chi connectivity index (χ1n) is 2.30. The maximum absolute atomic E-state index is 5.22. The molecule has 0 spiro atoms. The number of rotatable bonds is 1. The predicted octanol–water partition coefficient (Wildman–Crippen LogP) is 1.62. The van der Waals surface area contributed by atoms with Gasteiger partial charge in [0, 0.05) is 0 Å². The fourth-order valence-corrected chi connectivity index (χ4v) is 1.12. The number of hydrogen-bond acceptors (Lipinski definition) is 3. The van der Waals surface area contributed by atoms with Gasteiger partial charge in [0.05, 0.1) is 6.26 Å². The third-order valence-corrected chi connectivity index (χ3v) is 1.58. The van der Waals surface area contributed by atoms with Gasteiger partial charge in [0.15, 0.2) is 5.09 Å². The van der Waals surface area contributed by atoms with E-state index in [4.69, 9.17) is 10.2 Å². The van der Waals surface area contributed by atoms with Gasteiger partial charge in [-0.15, -0.1) is 0 Å². The zero-order valence-corrected chi connectivity index (χ0v) is 6.17. The second kappa shape index (κ2) is 2.89. The van der Waals surface area contributed by atoms with Gasteiger partial charge in [0.2, 0.25) is 0 Å². The molecule has 1 aromatic heterocycles. The van der Waals surface area contributed by atoms with Crippen LogP contribution < -0.4 is 5.73 Å². The van der Waals surface area contributed by atoms with E-state index >= 15 is 0 Å². The molecule has 9 heavy (non-hydrogen) atoms. The lowest BCUT2D eigenvalue weighted by atomic mass is 10.7. The molecule has 0 saturated heterocycles. The lowest BCUT2D eigenvalue weighted by Crippen LogP contribution is -2.00. The summed E-state index contributed by atoms with van der Waals surface area (Å²) in [5.41, 5.74) is 5.22. The van der Waals surface area contributed by atoms with E-state index in [1.807, 2.05) is 6.07 Å². The number of hydrogen-bond donors (Lipinski definition) is 1. The summed E-state index contributed by atoms with van der Waals surface area (Å²) in [5, 5.41) is 0.738. The van der Waals surface area contributed by atoms with Crippen molar-refractivity contribution < 1.29 is 4.42 Å². The lowest BCUT2D eigenvalue weighted by molar-refractivity contribution is 0.475. The van der Waals surface area contributed by atoms with Crippen LogP contribution in [0.3, 0.4) is 0 Å². The summed E-state index contributed by atoms with van der Waals surface area (Å²) < 4.78 is 5.32. The normalized spacial score (nSPS) is 9.33. The van der Waals surface area contributed by atoms with Crippen LogP contribution in [0.15, 0.2) is 27.9 Å². The molecule has 0 bridgehead atoms. The monoisotopic (exact) mass is 159 g/mol. The zero-order chi connectivity index (χ0) is 6.69. The summed E-state index contributed by atoms with van der Waals surface area (Å²) in [7, 11) is 0. The molecule has 0 aromatic carbocycles. The minimum atomic E-state index is 0.380. The third-order valence-electron chi connectivity index (χ3n) is 0.696. The maximum Gasteiger partial charge on any atom is 0.166 e. The van der Waals surface area contributed by atoms with Gasteiger partial charge in [-0.05, 0) is 23.9 Å². The smallest absolute Gasteiger partial charge is 0.166 e. The van der Waals surface area contributed by atoms with Gasteiger partial charge in [-0.3, -0.25) is 0 Å². The summed E-state index contributed by atoms with van der Waals surface area (Å²) in [5.74, 6) is 0. The highest BCUT2D eigenvalue weighted by molar-refractivity contribution is 8.22. The zero-order valence-electron chi connectivity index (χ0n) is 4.53. The first-order valence-corrected chi connectivity index (χ1v) is 3.52. The van der Waals surface area contributed by atoms with Crippen LogP contribution in [0.1, 0.15) is 0 Å². The van der Waals surface area contributed by atoms with Crippen LogP contribution in [0.4, 0.5) is 0 Å². The van der Waals surface area contributed by atoms with Crippen LogP contribution in [0, 0.1) is 0 Å². The first-order chi connectivity index (χ1) is 4.29. The molecule has 2 nitrogen and oxygen atoms in total. The van der Waals surface area contributed by atoms with Crippen LogP contribution in [0.25, 0.3) is 0 Å². The van der Waals surface area contributed by atoms with E-state index in [0.29, 0.717) is 4.32 Å². The van der Waals surface area contributed by atoms with Crippen molar-refractivity contribution in [2.45, 2.75) is 5.09 Å². The Hall–Kier alpha value is -0.480. The van der Waals surface area contributed by atoms with E-state index in [-0.39, 0.29) is 0 Å². The number of thiocarbonyl (C=S) groups is 1. The summed E-state index contributed by atoms with van der Waals surface area (Å²) in [6, 6.07) is 3.60. The van der Waals surface area contributed by atoms with Crippen LogP contribution in [-0.4, -0.2) is 4.32 Å². The summed E-state index contributed by atoms with van der Waals surface area (Å²) in [6.45, 7) is 0. The number of nitrogens with two attached hydrogens (primary N) is 1. The van der Waals surface area contributed by atoms with E-state index in [2.05, 4.69) is 12.2 Å². The molecule has 0 unspecified atom stereocenters. The Bertz CT molecular complexity index is 195. The molecule has 0 aliphatic rings. The highest BCUT2D eigenvalue weighted by atomic mass is 32.2. The Kier molecular flexibility index (Phi) is 2.13. The van der Waals surface area contributed by atoms with Crippen molar-refractivity contribution in [2.75, 3.05) is 0 Å². The van der Waals surface area contributed by atoms with Crippen molar-refractivity contribution >= 4 is 28.3 Å². The molecule has 48 valence electrons. The van der Waals surface area contributed by atoms with Crippen LogP contribution in [-0.2, 0) is 0 Å². The second-order valence-corrected chi connectivity index (χ2v) is 3.10. The Morgan fingerprint density at radius 3 is 3.00 bits per heavy atom. The van der Waals surface area contributed by atoms with Gasteiger partial charge in [0.25, 0.3) is 0 Å². The summed E-state index contributed by atoms with van der Waals surface area (Å²) in [4.78, 5) is 0. The van der Waals surface area contributed by atoms with Gasteiger partial charge >= 0.3 is 0 Å². The van der Waals surface area contributed by atoms with Crippen molar-refractivity contribution in [1.29, 1.82) is 0 Å². The molecule has 1 aromatic rings. The molecular formula is C5H5NOS2. The van der Waals surface area contributed by atoms with Gasteiger partial charge in [-0.1, -0.05) is 12.2 Å². The first kappa shape index (κ1) is 6.64. The fraction of sp³-hybridized carbons (Fsp3) is 0. The molecule has 4 heteroatoms. The van der Waals surface area contributed by atoms with E-state index < -0.39 is 0 Å². The van der Waals surface area contributed by atoms with Gasteiger partial charge in [-0.2, -0.15) is 0 Å². The molecule has 0 atom stereocenters. The summed E-state index contributed by atoms with van der Waals surface area (Å²) >= 11 is 5.87. The highest BCUT2D eigenvalue weighted by Crippen LogP contribution is 2.16. The standard InChI is InChI=1S/C5H5NOS2/c6-5(8)9-4-2-1-3-7-4/h1-3H,(H2,6,8). The van der Waals surface area contributed by atoms with Crippen LogP contribution in [0.2, 0.25) is 0 Å². The number of thioether (sulfide) groups is 1. The molecule has 0 radical (unpaired) electrons. The summed E-state index contributed by atoms with van der Waals surface area (Å²) in [6.07, 6.45) is 1.58. The predicted molar refractivity (Wildman–Crippen MR) is 41.4 cm³/mol. The molecule has 0 fully saturated rings. The number of furan rings is 1. The van der Waals surface area contributed by atoms with E-state index in [1.54, 1.807) is 12.3 Å². The van der Waals surface area contributed by atoms with E-state index in [1.165, 1.54) is 11.8 Å². The van der Waals surface area contributed by atoms with Crippen molar-refractivity contribution in [3.63, 3.8) is 0 Å². The minimum Gasteiger partial charge on any atom is -0.458 e. The van der Waals surface area contributed by atoms with Crippen LogP contribution >= 0.6 is 24.0 Å². The van der Waals surface area contributed by atoms with Crippen molar-refractivity contribution in [1.82, 2.24) is 0 Å². The van der Waals surface area contributed by atoms with E-state index in [9.17, 15) is 0 Å².